The number of carbonyl (C=O) groups excluding carboxylic acids is 1. The maximum Gasteiger partial charge on any atom is 0.224 e. The number of carbonyl (C=O) groups is 1. The molecule has 1 fully saturated rings. The summed E-state index contributed by atoms with van der Waals surface area (Å²) in [4.78, 5) is 13.6. The van der Waals surface area contributed by atoms with Crippen LogP contribution in [0.3, 0.4) is 0 Å². The van der Waals surface area contributed by atoms with E-state index in [1.807, 2.05) is 6.07 Å². The van der Waals surface area contributed by atoms with Crippen molar-refractivity contribution in [1.29, 1.82) is 5.26 Å². The van der Waals surface area contributed by atoms with Crippen LogP contribution in [0.4, 0.5) is 0 Å². The molecule has 0 bridgehead atoms. The number of nitriles is 1. The van der Waals surface area contributed by atoms with Gasteiger partial charge in [-0.05, 0) is 17.7 Å². The fourth-order valence-electron chi connectivity index (χ4n) is 2.68. The maximum absolute atomic E-state index is 11.9. The summed E-state index contributed by atoms with van der Waals surface area (Å²) in [5, 5.41) is 8.91. The molecule has 4 nitrogen and oxygen atoms in total. The first-order valence-electron chi connectivity index (χ1n) is 6.29. The summed E-state index contributed by atoms with van der Waals surface area (Å²) < 4.78 is 6.67. The van der Waals surface area contributed by atoms with Gasteiger partial charge in [0.1, 0.15) is 5.75 Å². The Morgan fingerprint density at radius 3 is 3.11 bits per heavy atom. The van der Waals surface area contributed by atoms with Gasteiger partial charge in [-0.25, -0.2) is 0 Å². The largest absolute Gasteiger partial charge is 0.493 e. The third-order valence-electron chi connectivity index (χ3n) is 3.58. The second kappa shape index (κ2) is 4.86. The zero-order valence-electron chi connectivity index (χ0n) is 10.4. The number of fused-ring (bicyclic) bond motifs is 1. The van der Waals surface area contributed by atoms with Gasteiger partial charge >= 0.3 is 0 Å². The molecule has 2 aliphatic heterocycles. The predicted molar refractivity (Wildman–Crippen MR) is 72.5 cm³/mol. The Balaban J connectivity index is 1.85. The molecular formula is C14H13BrN2O2. The smallest absolute Gasteiger partial charge is 0.224 e. The van der Waals surface area contributed by atoms with Crippen molar-refractivity contribution < 1.29 is 9.53 Å². The Morgan fingerprint density at radius 1 is 1.53 bits per heavy atom. The first-order chi connectivity index (χ1) is 9.17. The van der Waals surface area contributed by atoms with E-state index in [9.17, 15) is 4.79 Å². The lowest BCUT2D eigenvalue weighted by molar-refractivity contribution is -0.128. The van der Waals surface area contributed by atoms with Crippen molar-refractivity contribution in [3.63, 3.8) is 0 Å². The molecule has 1 aromatic rings. The highest BCUT2D eigenvalue weighted by Gasteiger charge is 2.30. The number of rotatable bonds is 2. The molecular weight excluding hydrogens is 308 g/mol. The van der Waals surface area contributed by atoms with E-state index in [4.69, 9.17) is 10.00 Å². The lowest BCUT2D eigenvalue weighted by atomic mass is 10.1. The number of hydrogen-bond donors (Lipinski definition) is 0. The van der Waals surface area contributed by atoms with Gasteiger partial charge in [-0.1, -0.05) is 15.9 Å². The Labute approximate surface area is 120 Å². The molecule has 1 amide bonds. The maximum atomic E-state index is 11.9. The SMILES string of the molecule is N#CC1CC(=O)N(Cc2cc(Br)cc3c2OCC3)C1. The van der Waals surface area contributed by atoms with Crippen LogP contribution in [0.1, 0.15) is 17.5 Å². The Morgan fingerprint density at radius 2 is 2.37 bits per heavy atom. The van der Waals surface area contributed by atoms with Gasteiger partial charge in [-0.2, -0.15) is 5.26 Å². The van der Waals surface area contributed by atoms with Gasteiger partial charge in [0.15, 0.2) is 0 Å². The van der Waals surface area contributed by atoms with Gasteiger partial charge < -0.3 is 9.64 Å². The monoisotopic (exact) mass is 320 g/mol. The zero-order valence-corrected chi connectivity index (χ0v) is 11.9. The molecule has 1 unspecified atom stereocenters. The van der Waals surface area contributed by atoms with Gasteiger partial charge in [0.25, 0.3) is 0 Å². The van der Waals surface area contributed by atoms with E-state index in [1.165, 1.54) is 5.56 Å². The molecule has 1 saturated heterocycles. The van der Waals surface area contributed by atoms with Crippen LogP contribution in [0.2, 0.25) is 0 Å². The molecule has 2 aliphatic rings. The first-order valence-corrected chi connectivity index (χ1v) is 7.08. The van der Waals surface area contributed by atoms with E-state index in [1.54, 1.807) is 4.90 Å². The molecule has 5 heteroatoms. The molecule has 0 aromatic heterocycles. The standard InChI is InChI=1S/C14H13BrN2O2/c15-12-4-10-1-2-19-14(10)11(5-12)8-17-7-9(6-16)3-13(17)18/h4-5,9H,1-3,7-8H2. The van der Waals surface area contributed by atoms with Crippen molar-refractivity contribution in [2.75, 3.05) is 13.2 Å². The number of halogens is 1. The molecule has 0 saturated carbocycles. The predicted octanol–water partition coefficient (Wildman–Crippen LogP) is 2.26. The van der Waals surface area contributed by atoms with E-state index in [0.717, 1.165) is 22.2 Å². The van der Waals surface area contributed by atoms with Gasteiger partial charge in [-0.3, -0.25) is 4.79 Å². The summed E-state index contributed by atoms with van der Waals surface area (Å²) in [7, 11) is 0. The zero-order chi connectivity index (χ0) is 13.4. The summed E-state index contributed by atoms with van der Waals surface area (Å²) >= 11 is 3.49. The van der Waals surface area contributed by atoms with E-state index in [2.05, 4.69) is 28.1 Å². The van der Waals surface area contributed by atoms with Gasteiger partial charge in [0.05, 0.1) is 18.6 Å². The van der Waals surface area contributed by atoms with Crippen LogP contribution in [0.25, 0.3) is 0 Å². The van der Waals surface area contributed by atoms with Crippen molar-refractivity contribution in [2.45, 2.75) is 19.4 Å². The van der Waals surface area contributed by atoms with Crippen LogP contribution in [0.5, 0.6) is 5.75 Å². The molecule has 98 valence electrons. The van der Waals surface area contributed by atoms with Gasteiger partial charge in [0, 0.05) is 36.0 Å². The van der Waals surface area contributed by atoms with Crippen molar-refractivity contribution in [3.05, 3.63) is 27.7 Å². The van der Waals surface area contributed by atoms with Crippen LogP contribution < -0.4 is 4.74 Å². The minimum absolute atomic E-state index is 0.0540. The first kappa shape index (κ1) is 12.5. The summed E-state index contributed by atoms with van der Waals surface area (Å²) in [6, 6.07) is 6.23. The summed E-state index contributed by atoms with van der Waals surface area (Å²) in [6.07, 6.45) is 1.25. The minimum atomic E-state index is -0.173. The summed E-state index contributed by atoms with van der Waals surface area (Å²) in [5.41, 5.74) is 2.21. The number of benzene rings is 1. The molecule has 0 spiro atoms. The molecule has 0 N–H and O–H groups in total. The Kier molecular flexibility index (Phi) is 3.19. The summed E-state index contributed by atoms with van der Waals surface area (Å²) in [6.45, 7) is 1.75. The molecule has 0 aliphatic carbocycles. The van der Waals surface area contributed by atoms with E-state index in [-0.39, 0.29) is 11.8 Å². The average molecular weight is 321 g/mol. The molecule has 1 aromatic carbocycles. The van der Waals surface area contributed by atoms with Crippen molar-refractivity contribution >= 4 is 21.8 Å². The number of likely N-dealkylation sites (tertiary alicyclic amines) is 1. The van der Waals surface area contributed by atoms with Crippen molar-refractivity contribution in [1.82, 2.24) is 4.90 Å². The van der Waals surface area contributed by atoms with Crippen LogP contribution in [0, 0.1) is 17.2 Å². The van der Waals surface area contributed by atoms with Gasteiger partial charge in [0.2, 0.25) is 5.91 Å². The van der Waals surface area contributed by atoms with Crippen molar-refractivity contribution in [2.24, 2.45) is 5.92 Å². The van der Waals surface area contributed by atoms with E-state index in [0.29, 0.717) is 26.1 Å². The molecule has 2 heterocycles. The highest BCUT2D eigenvalue weighted by Crippen LogP contribution is 2.34. The van der Waals surface area contributed by atoms with Crippen LogP contribution in [0.15, 0.2) is 16.6 Å². The van der Waals surface area contributed by atoms with Crippen LogP contribution in [-0.2, 0) is 17.8 Å². The second-order valence-electron chi connectivity index (χ2n) is 4.96. The Bertz CT molecular complexity index is 580. The summed E-state index contributed by atoms with van der Waals surface area (Å²) in [5.74, 6) is 0.795. The van der Waals surface area contributed by atoms with E-state index < -0.39 is 0 Å². The third kappa shape index (κ3) is 2.33. The average Bonchev–Trinajstić information content (AvgIpc) is 2.96. The Hall–Kier alpha value is -1.54. The fraction of sp³-hybridized carbons (Fsp3) is 0.429. The fourth-order valence-corrected chi connectivity index (χ4v) is 3.23. The second-order valence-corrected chi connectivity index (χ2v) is 5.87. The normalized spacial score (nSPS) is 21.2. The van der Waals surface area contributed by atoms with E-state index >= 15 is 0 Å². The molecule has 1 atom stereocenters. The van der Waals surface area contributed by atoms with Crippen molar-refractivity contribution in [3.8, 4) is 11.8 Å². The minimum Gasteiger partial charge on any atom is -0.493 e. The molecule has 0 radical (unpaired) electrons. The highest BCUT2D eigenvalue weighted by atomic mass is 79.9. The quantitative estimate of drug-likeness (QED) is 0.839. The van der Waals surface area contributed by atoms with Gasteiger partial charge in [-0.15, -0.1) is 0 Å². The lowest BCUT2D eigenvalue weighted by Gasteiger charge is -2.18. The topological polar surface area (TPSA) is 53.3 Å². The van der Waals surface area contributed by atoms with Crippen LogP contribution >= 0.6 is 15.9 Å². The number of ether oxygens (including phenoxy) is 1. The lowest BCUT2D eigenvalue weighted by Crippen LogP contribution is -2.24. The third-order valence-corrected chi connectivity index (χ3v) is 4.04. The molecule has 3 rings (SSSR count). The number of nitrogens with zero attached hydrogens (tertiary/aromatic N) is 2. The molecule has 19 heavy (non-hydrogen) atoms. The number of amides is 1. The highest BCUT2D eigenvalue weighted by molar-refractivity contribution is 9.10. The number of hydrogen-bond acceptors (Lipinski definition) is 3. The van der Waals surface area contributed by atoms with Crippen LogP contribution in [-0.4, -0.2) is 24.0 Å².